The fourth-order valence-electron chi connectivity index (χ4n) is 4.09. The molecular formula is C20H41N3O. The molecule has 0 bridgehead atoms. The maximum Gasteiger partial charge on any atom is 0.0634 e. The lowest BCUT2D eigenvalue weighted by atomic mass is 10.2. The molecule has 0 amide bonds. The standard InChI is InChI=1S/C20H41N3O/c1-2-3-4-5-10-18-24-19-13-21-12-11-20(22-14-6-7-15-22)23-16-8-9-17-23/h20-21H,2-19H2,1H3. The topological polar surface area (TPSA) is 27.7 Å². The quantitative estimate of drug-likeness (QED) is 0.490. The molecule has 2 rings (SSSR count). The van der Waals surface area contributed by atoms with E-state index in [0.717, 1.165) is 26.3 Å². The third kappa shape index (κ3) is 7.81. The SMILES string of the molecule is CCCCCCCOCCNCCC(N1CCCC1)N1CCCC1. The Morgan fingerprint density at radius 3 is 2.04 bits per heavy atom. The molecule has 2 heterocycles. The van der Waals surface area contributed by atoms with Crippen LogP contribution in [-0.4, -0.2) is 68.4 Å². The summed E-state index contributed by atoms with van der Waals surface area (Å²) in [6, 6.07) is 0. The Morgan fingerprint density at radius 2 is 1.42 bits per heavy atom. The molecule has 142 valence electrons. The molecular weight excluding hydrogens is 298 g/mol. The van der Waals surface area contributed by atoms with E-state index < -0.39 is 0 Å². The second-order valence-corrected chi connectivity index (χ2v) is 7.53. The zero-order chi connectivity index (χ0) is 16.9. The van der Waals surface area contributed by atoms with E-state index in [1.54, 1.807) is 0 Å². The maximum absolute atomic E-state index is 5.74. The fraction of sp³-hybridized carbons (Fsp3) is 1.00. The zero-order valence-electron chi connectivity index (χ0n) is 16.1. The second kappa shape index (κ2) is 13.1. The number of nitrogens with one attached hydrogen (secondary N) is 1. The first kappa shape index (κ1) is 20.2. The minimum atomic E-state index is 0.682. The number of likely N-dealkylation sites (tertiary alicyclic amines) is 2. The van der Waals surface area contributed by atoms with Gasteiger partial charge in [0.2, 0.25) is 0 Å². The van der Waals surface area contributed by atoms with Crippen LogP contribution in [0.15, 0.2) is 0 Å². The third-order valence-electron chi connectivity index (χ3n) is 5.52. The average molecular weight is 340 g/mol. The highest BCUT2D eigenvalue weighted by molar-refractivity contribution is 4.81. The zero-order valence-corrected chi connectivity index (χ0v) is 16.1. The van der Waals surface area contributed by atoms with Crippen LogP contribution in [0.5, 0.6) is 0 Å². The molecule has 4 heteroatoms. The first-order valence-corrected chi connectivity index (χ1v) is 10.7. The van der Waals surface area contributed by atoms with Gasteiger partial charge in [-0.05, 0) is 71.2 Å². The van der Waals surface area contributed by atoms with E-state index in [1.165, 1.54) is 90.4 Å². The molecule has 2 saturated heterocycles. The summed E-state index contributed by atoms with van der Waals surface area (Å²) in [6.45, 7) is 11.4. The largest absolute Gasteiger partial charge is 0.380 e. The lowest BCUT2D eigenvalue weighted by Crippen LogP contribution is -2.47. The number of rotatable bonds is 14. The Kier molecular flexibility index (Phi) is 11.0. The van der Waals surface area contributed by atoms with E-state index in [1.807, 2.05) is 0 Å². The molecule has 0 aliphatic carbocycles. The number of hydrogen-bond donors (Lipinski definition) is 1. The summed E-state index contributed by atoms with van der Waals surface area (Å²) in [7, 11) is 0. The molecule has 0 spiro atoms. The van der Waals surface area contributed by atoms with Crippen LogP contribution in [0.25, 0.3) is 0 Å². The van der Waals surface area contributed by atoms with E-state index in [-0.39, 0.29) is 0 Å². The van der Waals surface area contributed by atoms with Gasteiger partial charge in [0.05, 0.1) is 12.8 Å². The van der Waals surface area contributed by atoms with Gasteiger partial charge in [-0.3, -0.25) is 9.80 Å². The molecule has 2 fully saturated rings. The van der Waals surface area contributed by atoms with Crippen molar-refractivity contribution in [3.05, 3.63) is 0 Å². The van der Waals surface area contributed by atoms with Crippen molar-refractivity contribution in [3.63, 3.8) is 0 Å². The highest BCUT2D eigenvalue weighted by Crippen LogP contribution is 2.21. The molecule has 2 aliphatic rings. The Hall–Kier alpha value is -0.160. The minimum Gasteiger partial charge on any atom is -0.380 e. The average Bonchev–Trinajstić information content (AvgIpc) is 3.30. The van der Waals surface area contributed by atoms with E-state index in [9.17, 15) is 0 Å². The van der Waals surface area contributed by atoms with Gasteiger partial charge in [-0.25, -0.2) is 0 Å². The molecule has 24 heavy (non-hydrogen) atoms. The Morgan fingerprint density at radius 1 is 0.792 bits per heavy atom. The van der Waals surface area contributed by atoms with Gasteiger partial charge in [0, 0.05) is 13.2 Å². The van der Waals surface area contributed by atoms with E-state index in [2.05, 4.69) is 22.0 Å². The van der Waals surface area contributed by atoms with Crippen molar-refractivity contribution in [3.8, 4) is 0 Å². The maximum atomic E-state index is 5.74. The lowest BCUT2D eigenvalue weighted by molar-refractivity contribution is 0.0710. The predicted molar refractivity (Wildman–Crippen MR) is 102 cm³/mol. The van der Waals surface area contributed by atoms with Crippen LogP contribution in [0.4, 0.5) is 0 Å². The highest BCUT2D eigenvalue weighted by Gasteiger charge is 2.28. The van der Waals surface area contributed by atoms with Crippen molar-refractivity contribution in [1.29, 1.82) is 0 Å². The lowest BCUT2D eigenvalue weighted by Gasteiger charge is -2.35. The van der Waals surface area contributed by atoms with Crippen LogP contribution in [0.2, 0.25) is 0 Å². The van der Waals surface area contributed by atoms with Gasteiger partial charge < -0.3 is 10.1 Å². The molecule has 0 aromatic heterocycles. The number of unbranched alkanes of at least 4 members (excludes halogenated alkanes) is 4. The van der Waals surface area contributed by atoms with Gasteiger partial charge in [0.25, 0.3) is 0 Å². The summed E-state index contributed by atoms with van der Waals surface area (Å²) in [5, 5.41) is 3.60. The van der Waals surface area contributed by atoms with Crippen molar-refractivity contribution in [1.82, 2.24) is 15.1 Å². The Balaban J connectivity index is 1.47. The van der Waals surface area contributed by atoms with Crippen LogP contribution in [0.1, 0.15) is 71.1 Å². The monoisotopic (exact) mass is 339 g/mol. The van der Waals surface area contributed by atoms with Gasteiger partial charge in [0.15, 0.2) is 0 Å². The number of hydrogen-bond acceptors (Lipinski definition) is 4. The van der Waals surface area contributed by atoms with E-state index >= 15 is 0 Å². The van der Waals surface area contributed by atoms with Gasteiger partial charge in [-0.2, -0.15) is 0 Å². The molecule has 0 atom stereocenters. The van der Waals surface area contributed by atoms with Crippen molar-refractivity contribution >= 4 is 0 Å². The van der Waals surface area contributed by atoms with Crippen LogP contribution in [0.3, 0.4) is 0 Å². The fourth-order valence-corrected chi connectivity index (χ4v) is 4.09. The smallest absolute Gasteiger partial charge is 0.0634 e. The second-order valence-electron chi connectivity index (χ2n) is 7.53. The highest BCUT2D eigenvalue weighted by atomic mass is 16.5. The van der Waals surface area contributed by atoms with E-state index in [0.29, 0.717) is 6.17 Å². The Labute approximate surface area is 150 Å². The van der Waals surface area contributed by atoms with Crippen LogP contribution in [-0.2, 0) is 4.74 Å². The minimum absolute atomic E-state index is 0.682. The van der Waals surface area contributed by atoms with Crippen molar-refractivity contribution in [2.24, 2.45) is 0 Å². The summed E-state index contributed by atoms with van der Waals surface area (Å²) < 4.78 is 5.74. The Bertz CT molecular complexity index is 273. The summed E-state index contributed by atoms with van der Waals surface area (Å²) in [5.41, 5.74) is 0. The summed E-state index contributed by atoms with van der Waals surface area (Å²) in [6.07, 6.45) is 14.1. The van der Waals surface area contributed by atoms with Gasteiger partial charge in [-0.15, -0.1) is 0 Å². The van der Waals surface area contributed by atoms with Gasteiger partial charge in [0.1, 0.15) is 0 Å². The normalized spacial score (nSPS) is 19.8. The third-order valence-corrected chi connectivity index (χ3v) is 5.52. The molecule has 2 aliphatic heterocycles. The van der Waals surface area contributed by atoms with Crippen molar-refractivity contribution in [2.45, 2.75) is 77.3 Å². The predicted octanol–water partition coefficient (Wildman–Crippen LogP) is 3.47. The molecule has 0 unspecified atom stereocenters. The number of nitrogens with zero attached hydrogens (tertiary/aromatic N) is 2. The van der Waals surface area contributed by atoms with Crippen LogP contribution < -0.4 is 5.32 Å². The van der Waals surface area contributed by atoms with Crippen LogP contribution in [0, 0.1) is 0 Å². The molecule has 4 nitrogen and oxygen atoms in total. The molecule has 0 radical (unpaired) electrons. The van der Waals surface area contributed by atoms with Crippen molar-refractivity contribution < 1.29 is 4.74 Å². The molecule has 0 aromatic carbocycles. The summed E-state index contributed by atoms with van der Waals surface area (Å²) in [5.74, 6) is 0. The summed E-state index contributed by atoms with van der Waals surface area (Å²) >= 11 is 0. The number of ether oxygens (including phenoxy) is 1. The van der Waals surface area contributed by atoms with Gasteiger partial charge in [-0.1, -0.05) is 32.6 Å². The first-order chi connectivity index (χ1) is 11.9. The molecule has 1 N–H and O–H groups in total. The van der Waals surface area contributed by atoms with Gasteiger partial charge >= 0.3 is 0 Å². The van der Waals surface area contributed by atoms with E-state index in [4.69, 9.17) is 4.74 Å². The molecule has 0 saturated carbocycles. The molecule has 0 aromatic rings. The van der Waals surface area contributed by atoms with Crippen molar-refractivity contribution in [2.75, 3.05) is 52.5 Å². The first-order valence-electron chi connectivity index (χ1n) is 10.7. The summed E-state index contributed by atoms with van der Waals surface area (Å²) in [4.78, 5) is 5.44. The van der Waals surface area contributed by atoms with Crippen LogP contribution >= 0.6 is 0 Å².